The minimum absolute atomic E-state index is 0.00323. The molecule has 0 fully saturated rings. The van der Waals surface area contributed by atoms with Crippen LogP contribution in [-0.2, 0) is 0 Å². The molecule has 0 spiro atoms. The zero-order valence-electron chi connectivity index (χ0n) is 12.3. The number of pyridine rings is 1. The molecule has 22 heavy (non-hydrogen) atoms. The van der Waals surface area contributed by atoms with Gasteiger partial charge in [-0.25, -0.2) is 4.98 Å². The second kappa shape index (κ2) is 8.41. The highest BCUT2D eigenvalue weighted by Gasteiger charge is 2.01. The van der Waals surface area contributed by atoms with Crippen LogP contribution in [0.1, 0.15) is 23.7 Å². The van der Waals surface area contributed by atoms with Gasteiger partial charge in [0.15, 0.2) is 5.78 Å². The third-order valence-electron chi connectivity index (χ3n) is 2.84. The van der Waals surface area contributed by atoms with Gasteiger partial charge in [-0.15, -0.1) is 0 Å². The standard InChI is InChI=1S/C16H18N2O3S/c1-12(20)13-3-8-16(17-11-13)18-22-15-6-4-14(5-7-15)21-10-2-9-19/h3-8,11,19H,2,9-10H2,1H3,(H,17,18). The summed E-state index contributed by atoms with van der Waals surface area (Å²) in [6.45, 7) is 2.16. The van der Waals surface area contributed by atoms with Gasteiger partial charge < -0.3 is 14.6 Å². The summed E-state index contributed by atoms with van der Waals surface area (Å²) in [5, 5.41) is 8.70. The number of carbonyl (C=O) groups excluding carboxylic acids is 1. The number of carbonyl (C=O) groups is 1. The maximum atomic E-state index is 11.2. The van der Waals surface area contributed by atoms with Crippen molar-refractivity contribution in [2.75, 3.05) is 17.9 Å². The Morgan fingerprint density at radius 1 is 1.27 bits per heavy atom. The normalized spacial score (nSPS) is 10.3. The van der Waals surface area contributed by atoms with Gasteiger partial charge in [-0.05, 0) is 55.3 Å². The summed E-state index contributed by atoms with van der Waals surface area (Å²) in [6.07, 6.45) is 2.18. The molecule has 1 aromatic heterocycles. The van der Waals surface area contributed by atoms with Gasteiger partial charge in [-0.2, -0.15) is 0 Å². The number of Topliss-reactive ketones (excluding diaryl/α,β-unsaturated/α-hetero) is 1. The fraction of sp³-hybridized carbons (Fsp3) is 0.250. The largest absolute Gasteiger partial charge is 0.494 e. The predicted octanol–water partition coefficient (Wildman–Crippen LogP) is 3.16. The summed E-state index contributed by atoms with van der Waals surface area (Å²) in [5.41, 5.74) is 0.597. The molecule has 0 atom stereocenters. The van der Waals surface area contributed by atoms with E-state index in [0.29, 0.717) is 24.4 Å². The third kappa shape index (κ3) is 5.05. The number of ketones is 1. The van der Waals surface area contributed by atoms with E-state index in [1.165, 1.54) is 18.9 Å². The molecule has 0 saturated heterocycles. The lowest BCUT2D eigenvalue weighted by atomic mass is 10.2. The molecule has 0 aliphatic rings. The Balaban J connectivity index is 1.84. The molecule has 5 nitrogen and oxygen atoms in total. The first kappa shape index (κ1) is 16.3. The summed E-state index contributed by atoms with van der Waals surface area (Å²) in [4.78, 5) is 16.4. The lowest BCUT2D eigenvalue weighted by Crippen LogP contribution is -1.99. The molecule has 0 aliphatic carbocycles. The van der Waals surface area contributed by atoms with Crippen LogP contribution in [0, 0.1) is 0 Å². The Morgan fingerprint density at radius 2 is 2.05 bits per heavy atom. The van der Waals surface area contributed by atoms with Crippen LogP contribution in [0.5, 0.6) is 5.75 Å². The molecule has 0 radical (unpaired) electrons. The highest BCUT2D eigenvalue weighted by molar-refractivity contribution is 8.00. The Morgan fingerprint density at radius 3 is 2.64 bits per heavy atom. The van der Waals surface area contributed by atoms with Crippen molar-refractivity contribution in [2.24, 2.45) is 0 Å². The van der Waals surface area contributed by atoms with Crippen LogP contribution >= 0.6 is 11.9 Å². The first-order chi connectivity index (χ1) is 10.7. The first-order valence-corrected chi connectivity index (χ1v) is 7.74. The molecule has 2 aromatic rings. The van der Waals surface area contributed by atoms with Crippen LogP contribution in [0.2, 0.25) is 0 Å². The van der Waals surface area contributed by atoms with E-state index >= 15 is 0 Å². The van der Waals surface area contributed by atoms with Gasteiger partial charge in [0.05, 0.1) is 6.61 Å². The third-order valence-corrected chi connectivity index (χ3v) is 3.66. The SMILES string of the molecule is CC(=O)c1ccc(NSc2ccc(OCCCO)cc2)nc1. The van der Waals surface area contributed by atoms with Crippen molar-refractivity contribution >= 4 is 23.5 Å². The van der Waals surface area contributed by atoms with Gasteiger partial charge >= 0.3 is 0 Å². The smallest absolute Gasteiger partial charge is 0.161 e. The van der Waals surface area contributed by atoms with E-state index in [2.05, 4.69) is 9.71 Å². The minimum atomic E-state index is 0.00323. The Kier molecular flexibility index (Phi) is 6.24. The van der Waals surface area contributed by atoms with Crippen molar-refractivity contribution in [1.82, 2.24) is 4.98 Å². The Hall–Kier alpha value is -2.05. The summed E-state index contributed by atoms with van der Waals surface area (Å²) >= 11 is 1.43. The van der Waals surface area contributed by atoms with E-state index in [0.717, 1.165) is 10.6 Å². The van der Waals surface area contributed by atoms with E-state index in [1.54, 1.807) is 18.3 Å². The molecule has 0 unspecified atom stereocenters. The second-order valence-electron chi connectivity index (χ2n) is 4.59. The fourth-order valence-electron chi connectivity index (χ4n) is 1.63. The molecule has 6 heteroatoms. The van der Waals surface area contributed by atoms with Crippen LogP contribution in [0.4, 0.5) is 5.82 Å². The number of hydrogen-bond donors (Lipinski definition) is 2. The maximum Gasteiger partial charge on any atom is 0.161 e. The zero-order valence-corrected chi connectivity index (χ0v) is 13.1. The number of anilines is 1. The number of ether oxygens (including phenoxy) is 1. The molecule has 1 aromatic carbocycles. The highest BCUT2D eigenvalue weighted by atomic mass is 32.2. The lowest BCUT2D eigenvalue weighted by molar-refractivity contribution is 0.101. The van der Waals surface area contributed by atoms with E-state index in [1.807, 2.05) is 24.3 Å². The molecule has 1 heterocycles. The Labute approximate surface area is 133 Å². The van der Waals surface area contributed by atoms with Crippen LogP contribution in [0.25, 0.3) is 0 Å². The van der Waals surface area contributed by atoms with Crippen molar-refractivity contribution in [1.29, 1.82) is 0 Å². The lowest BCUT2D eigenvalue weighted by Gasteiger charge is -2.07. The molecule has 2 N–H and O–H groups in total. The number of aliphatic hydroxyl groups excluding tert-OH is 1. The molecular weight excluding hydrogens is 300 g/mol. The molecule has 2 rings (SSSR count). The number of rotatable bonds is 8. The van der Waals surface area contributed by atoms with Gasteiger partial charge in [0.1, 0.15) is 11.6 Å². The van der Waals surface area contributed by atoms with Gasteiger partial charge in [0, 0.05) is 29.7 Å². The van der Waals surface area contributed by atoms with Crippen LogP contribution in [0.15, 0.2) is 47.5 Å². The molecule has 116 valence electrons. The average molecular weight is 318 g/mol. The summed E-state index contributed by atoms with van der Waals surface area (Å²) in [7, 11) is 0. The number of benzene rings is 1. The van der Waals surface area contributed by atoms with Crippen LogP contribution < -0.4 is 9.46 Å². The summed E-state index contributed by atoms with van der Waals surface area (Å²) in [5.74, 6) is 1.48. The minimum Gasteiger partial charge on any atom is -0.494 e. The van der Waals surface area contributed by atoms with Crippen molar-refractivity contribution in [3.63, 3.8) is 0 Å². The van der Waals surface area contributed by atoms with E-state index in [-0.39, 0.29) is 12.4 Å². The second-order valence-corrected chi connectivity index (χ2v) is 5.47. The number of hydrogen-bond acceptors (Lipinski definition) is 6. The molecule has 0 aliphatic heterocycles. The summed E-state index contributed by atoms with van der Waals surface area (Å²) < 4.78 is 8.59. The highest BCUT2D eigenvalue weighted by Crippen LogP contribution is 2.22. The topological polar surface area (TPSA) is 71.5 Å². The van der Waals surface area contributed by atoms with Gasteiger partial charge in [-0.1, -0.05) is 0 Å². The molecule has 0 amide bonds. The average Bonchev–Trinajstić information content (AvgIpc) is 2.55. The molecule has 0 saturated carbocycles. The monoisotopic (exact) mass is 318 g/mol. The fourth-order valence-corrected chi connectivity index (χ4v) is 2.25. The molecular formula is C16H18N2O3S. The van der Waals surface area contributed by atoms with Crippen LogP contribution in [-0.4, -0.2) is 29.1 Å². The molecule has 0 bridgehead atoms. The first-order valence-electron chi connectivity index (χ1n) is 6.92. The van der Waals surface area contributed by atoms with Crippen molar-refractivity contribution in [2.45, 2.75) is 18.2 Å². The number of nitrogens with one attached hydrogen (secondary N) is 1. The van der Waals surface area contributed by atoms with Gasteiger partial charge in [-0.3, -0.25) is 4.79 Å². The zero-order chi connectivity index (χ0) is 15.8. The Bertz CT molecular complexity index is 600. The van der Waals surface area contributed by atoms with Crippen LogP contribution in [0.3, 0.4) is 0 Å². The summed E-state index contributed by atoms with van der Waals surface area (Å²) in [6, 6.07) is 11.2. The van der Waals surface area contributed by atoms with Crippen molar-refractivity contribution in [3.05, 3.63) is 48.2 Å². The number of aromatic nitrogens is 1. The maximum absolute atomic E-state index is 11.2. The van der Waals surface area contributed by atoms with E-state index in [9.17, 15) is 4.79 Å². The van der Waals surface area contributed by atoms with Gasteiger partial charge in [0.25, 0.3) is 0 Å². The van der Waals surface area contributed by atoms with E-state index in [4.69, 9.17) is 9.84 Å². The van der Waals surface area contributed by atoms with Crippen molar-refractivity contribution in [3.8, 4) is 5.75 Å². The quantitative estimate of drug-likeness (QED) is 0.442. The number of aliphatic hydroxyl groups is 1. The van der Waals surface area contributed by atoms with E-state index < -0.39 is 0 Å². The van der Waals surface area contributed by atoms with Crippen molar-refractivity contribution < 1.29 is 14.6 Å². The number of nitrogens with zero attached hydrogens (tertiary/aromatic N) is 1. The van der Waals surface area contributed by atoms with Gasteiger partial charge in [0.2, 0.25) is 0 Å². The predicted molar refractivity (Wildman–Crippen MR) is 87.4 cm³/mol.